The number of carbonyl (C=O) groups is 3. The Balaban J connectivity index is 2.26. The zero-order chi connectivity index (χ0) is 15.7. The van der Waals surface area contributed by atoms with E-state index in [1.54, 1.807) is 12.1 Å². The third-order valence-electron chi connectivity index (χ3n) is 3.61. The number of aliphatic carboxylic acids is 1. The van der Waals surface area contributed by atoms with Crippen molar-refractivity contribution < 1.29 is 19.5 Å². The fourth-order valence-electron chi connectivity index (χ4n) is 2.62. The van der Waals surface area contributed by atoms with Crippen LogP contribution in [0, 0.1) is 0 Å². The summed E-state index contributed by atoms with van der Waals surface area (Å²) in [5.41, 5.74) is 0.406. The normalized spacial score (nSPS) is 10.7. The van der Waals surface area contributed by atoms with E-state index in [1.807, 2.05) is 42.5 Å². The Bertz CT molecular complexity index is 871. The first-order valence-electron chi connectivity index (χ1n) is 6.78. The van der Waals surface area contributed by atoms with Crippen LogP contribution in [0.3, 0.4) is 0 Å². The zero-order valence-electron chi connectivity index (χ0n) is 11.6. The molecule has 0 amide bonds. The number of fused-ring (bicyclic) bond motifs is 2. The van der Waals surface area contributed by atoms with Crippen molar-refractivity contribution in [3.63, 3.8) is 0 Å². The Labute approximate surface area is 126 Å². The second-order valence-electron chi connectivity index (χ2n) is 5.02. The van der Waals surface area contributed by atoms with Crippen LogP contribution in [-0.2, 0) is 9.59 Å². The number of rotatable bonds is 4. The molecule has 0 aliphatic carbocycles. The molecule has 22 heavy (non-hydrogen) atoms. The van der Waals surface area contributed by atoms with Crippen LogP contribution in [0.5, 0.6) is 0 Å². The summed E-state index contributed by atoms with van der Waals surface area (Å²) in [4.78, 5) is 34.6. The minimum atomic E-state index is -1.59. The van der Waals surface area contributed by atoms with Crippen LogP contribution in [-0.4, -0.2) is 22.6 Å². The Hall–Kier alpha value is -3.01. The SMILES string of the molecule is O=C(O)C(=O)CC(=O)c1c2ccccc2cc2ccccc12. The minimum Gasteiger partial charge on any atom is -0.475 e. The maximum Gasteiger partial charge on any atom is 0.372 e. The van der Waals surface area contributed by atoms with Crippen molar-refractivity contribution in [2.45, 2.75) is 6.42 Å². The number of benzene rings is 3. The minimum absolute atomic E-state index is 0.406. The Morgan fingerprint density at radius 3 is 1.82 bits per heavy atom. The lowest BCUT2D eigenvalue weighted by Crippen LogP contribution is -2.17. The van der Waals surface area contributed by atoms with Gasteiger partial charge in [-0.2, -0.15) is 0 Å². The summed E-state index contributed by atoms with van der Waals surface area (Å²) in [5.74, 6) is -3.15. The molecule has 3 aromatic carbocycles. The van der Waals surface area contributed by atoms with E-state index in [0.717, 1.165) is 21.5 Å². The van der Waals surface area contributed by atoms with Crippen LogP contribution in [0.2, 0.25) is 0 Å². The molecule has 0 aromatic heterocycles. The molecule has 0 unspecified atom stereocenters. The molecule has 0 spiro atoms. The summed E-state index contributed by atoms with van der Waals surface area (Å²) >= 11 is 0. The van der Waals surface area contributed by atoms with Gasteiger partial charge in [0.25, 0.3) is 0 Å². The molecule has 0 radical (unpaired) electrons. The van der Waals surface area contributed by atoms with Crippen LogP contribution >= 0.6 is 0 Å². The van der Waals surface area contributed by atoms with Gasteiger partial charge in [-0.05, 0) is 27.6 Å². The molecule has 4 nitrogen and oxygen atoms in total. The van der Waals surface area contributed by atoms with Gasteiger partial charge in [0.15, 0.2) is 5.78 Å². The van der Waals surface area contributed by atoms with E-state index in [2.05, 4.69) is 0 Å². The molecular weight excluding hydrogens is 280 g/mol. The van der Waals surface area contributed by atoms with E-state index >= 15 is 0 Å². The molecule has 0 saturated heterocycles. The zero-order valence-corrected chi connectivity index (χ0v) is 11.6. The van der Waals surface area contributed by atoms with Crippen molar-refractivity contribution in [3.05, 3.63) is 60.2 Å². The van der Waals surface area contributed by atoms with E-state index in [4.69, 9.17) is 5.11 Å². The summed E-state index contributed by atoms with van der Waals surface area (Å²) < 4.78 is 0. The van der Waals surface area contributed by atoms with Crippen molar-refractivity contribution in [1.29, 1.82) is 0 Å². The van der Waals surface area contributed by atoms with Gasteiger partial charge in [0.2, 0.25) is 5.78 Å². The first kappa shape index (κ1) is 13.9. The van der Waals surface area contributed by atoms with Crippen molar-refractivity contribution >= 4 is 39.1 Å². The number of hydrogen-bond donors (Lipinski definition) is 1. The highest BCUT2D eigenvalue weighted by Crippen LogP contribution is 2.29. The second-order valence-corrected chi connectivity index (χ2v) is 5.02. The third-order valence-corrected chi connectivity index (χ3v) is 3.61. The second kappa shape index (κ2) is 5.41. The molecule has 1 N–H and O–H groups in total. The largest absolute Gasteiger partial charge is 0.475 e. The summed E-state index contributed by atoms with van der Waals surface area (Å²) in [6.45, 7) is 0. The lowest BCUT2D eigenvalue weighted by molar-refractivity contribution is -0.148. The molecule has 0 saturated carbocycles. The molecule has 0 aliphatic heterocycles. The lowest BCUT2D eigenvalue weighted by Gasteiger charge is -2.10. The van der Waals surface area contributed by atoms with Crippen LogP contribution < -0.4 is 0 Å². The van der Waals surface area contributed by atoms with Gasteiger partial charge in [-0.15, -0.1) is 0 Å². The van der Waals surface area contributed by atoms with Gasteiger partial charge in [0, 0.05) is 5.56 Å². The van der Waals surface area contributed by atoms with E-state index < -0.39 is 24.0 Å². The number of carboxylic acid groups (broad SMARTS) is 1. The maximum absolute atomic E-state index is 12.5. The smallest absolute Gasteiger partial charge is 0.372 e. The van der Waals surface area contributed by atoms with Gasteiger partial charge in [-0.1, -0.05) is 48.5 Å². The predicted molar refractivity (Wildman–Crippen MR) is 83.0 cm³/mol. The van der Waals surface area contributed by atoms with E-state index in [-0.39, 0.29) is 0 Å². The molecule has 3 aromatic rings. The van der Waals surface area contributed by atoms with Gasteiger partial charge in [-0.25, -0.2) is 4.79 Å². The fraction of sp³-hybridized carbons (Fsp3) is 0.0556. The quantitative estimate of drug-likeness (QED) is 0.347. The number of hydrogen-bond acceptors (Lipinski definition) is 3. The molecule has 0 aliphatic rings. The predicted octanol–water partition coefficient (Wildman–Crippen LogP) is 3.22. The molecule has 3 rings (SSSR count). The third kappa shape index (κ3) is 2.35. The summed E-state index contributed by atoms with van der Waals surface area (Å²) in [6, 6.07) is 16.7. The van der Waals surface area contributed by atoms with Gasteiger partial charge in [0.05, 0.1) is 6.42 Å². The van der Waals surface area contributed by atoms with Crippen molar-refractivity contribution in [3.8, 4) is 0 Å². The Kier molecular flexibility index (Phi) is 3.43. The molecule has 0 heterocycles. The molecule has 108 valence electrons. The molecule has 0 bridgehead atoms. The van der Waals surface area contributed by atoms with Crippen LogP contribution in [0.4, 0.5) is 0 Å². The molecular formula is C18H12O4. The standard InChI is InChI=1S/C18H12O4/c19-15(10-16(20)18(21)22)17-13-7-3-1-5-11(13)9-12-6-2-4-8-14(12)17/h1-9H,10H2,(H,21,22). The van der Waals surface area contributed by atoms with Crippen LogP contribution in [0.25, 0.3) is 21.5 Å². The highest BCUT2D eigenvalue weighted by molar-refractivity contribution is 6.38. The molecule has 0 atom stereocenters. The van der Waals surface area contributed by atoms with E-state index in [9.17, 15) is 14.4 Å². The van der Waals surface area contributed by atoms with Crippen molar-refractivity contribution in [1.82, 2.24) is 0 Å². The Morgan fingerprint density at radius 1 is 0.818 bits per heavy atom. The Morgan fingerprint density at radius 2 is 1.32 bits per heavy atom. The molecule has 4 heteroatoms. The number of ketones is 2. The monoisotopic (exact) mass is 292 g/mol. The van der Waals surface area contributed by atoms with Gasteiger partial charge < -0.3 is 5.11 Å². The summed E-state index contributed by atoms with van der Waals surface area (Å²) in [5, 5.41) is 11.9. The van der Waals surface area contributed by atoms with Crippen molar-refractivity contribution in [2.75, 3.05) is 0 Å². The number of carbonyl (C=O) groups excluding carboxylic acids is 2. The summed E-state index contributed by atoms with van der Waals surface area (Å²) in [7, 11) is 0. The van der Waals surface area contributed by atoms with Gasteiger partial charge in [-0.3, -0.25) is 9.59 Å². The number of Topliss-reactive ketones (excluding diaryl/α,β-unsaturated/α-hetero) is 2. The van der Waals surface area contributed by atoms with E-state index in [1.165, 1.54) is 0 Å². The highest BCUT2D eigenvalue weighted by atomic mass is 16.4. The molecule has 0 fully saturated rings. The first-order chi connectivity index (χ1) is 10.6. The average Bonchev–Trinajstić information content (AvgIpc) is 2.52. The van der Waals surface area contributed by atoms with Crippen LogP contribution in [0.1, 0.15) is 16.8 Å². The first-order valence-corrected chi connectivity index (χ1v) is 6.78. The van der Waals surface area contributed by atoms with E-state index in [0.29, 0.717) is 5.56 Å². The lowest BCUT2D eigenvalue weighted by atomic mass is 9.92. The topological polar surface area (TPSA) is 71.4 Å². The van der Waals surface area contributed by atoms with Crippen LogP contribution in [0.15, 0.2) is 54.6 Å². The van der Waals surface area contributed by atoms with Gasteiger partial charge >= 0.3 is 5.97 Å². The highest BCUT2D eigenvalue weighted by Gasteiger charge is 2.21. The fourth-order valence-corrected chi connectivity index (χ4v) is 2.62. The summed E-state index contributed by atoms with van der Waals surface area (Å²) in [6.07, 6.45) is -0.632. The average molecular weight is 292 g/mol. The van der Waals surface area contributed by atoms with Crippen molar-refractivity contribution in [2.24, 2.45) is 0 Å². The number of carboxylic acids is 1. The maximum atomic E-state index is 12.5. The van der Waals surface area contributed by atoms with Gasteiger partial charge in [0.1, 0.15) is 0 Å².